The molecular formula is C19H21ClN2O2S. The van der Waals surface area contributed by atoms with Crippen LogP contribution in [0.4, 0.5) is 0 Å². The van der Waals surface area contributed by atoms with Crippen LogP contribution in [0.2, 0.25) is 5.02 Å². The van der Waals surface area contributed by atoms with E-state index in [0.717, 1.165) is 16.9 Å². The van der Waals surface area contributed by atoms with Gasteiger partial charge >= 0.3 is 0 Å². The highest BCUT2D eigenvalue weighted by Crippen LogP contribution is 2.15. The molecule has 25 heavy (non-hydrogen) atoms. The Bertz CT molecular complexity index is 678. The molecule has 0 unspecified atom stereocenters. The van der Waals surface area contributed by atoms with Crippen molar-refractivity contribution < 1.29 is 9.59 Å². The zero-order valence-electron chi connectivity index (χ0n) is 13.8. The lowest BCUT2D eigenvalue weighted by Gasteiger charge is -2.07. The van der Waals surface area contributed by atoms with Crippen LogP contribution in [0.1, 0.15) is 11.1 Å². The van der Waals surface area contributed by atoms with Crippen LogP contribution < -0.4 is 10.6 Å². The molecule has 0 bridgehead atoms. The van der Waals surface area contributed by atoms with Crippen LogP contribution in [-0.2, 0) is 21.8 Å². The van der Waals surface area contributed by atoms with Crippen molar-refractivity contribution in [3.63, 3.8) is 0 Å². The zero-order valence-corrected chi connectivity index (χ0v) is 15.4. The molecule has 0 radical (unpaired) electrons. The van der Waals surface area contributed by atoms with E-state index in [4.69, 9.17) is 11.6 Å². The maximum absolute atomic E-state index is 11.8. The number of halogens is 1. The smallest absolute Gasteiger partial charge is 0.230 e. The Kier molecular flexibility index (Phi) is 8.35. The van der Waals surface area contributed by atoms with Crippen LogP contribution in [0.15, 0.2) is 54.6 Å². The van der Waals surface area contributed by atoms with E-state index >= 15 is 0 Å². The third kappa shape index (κ3) is 8.09. The van der Waals surface area contributed by atoms with Crippen LogP contribution in [0.25, 0.3) is 0 Å². The highest BCUT2D eigenvalue weighted by molar-refractivity contribution is 7.99. The van der Waals surface area contributed by atoms with Gasteiger partial charge in [0, 0.05) is 23.9 Å². The second kappa shape index (κ2) is 10.8. The fourth-order valence-electron chi connectivity index (χ4n) is 2.14. The summed E-state index contributed by atoms with van der Waals surface area (Å²) in [6.45, 7) is 0.861. The number of nitrogens with one attached hydrogen (secondary N) is 2. The van der Waals surface area contributed by atoms with Gasteiger partial charge < -0.3 is 10.6 Å². The fraction of sp³-hybridized carbons (Fsp3) is 0.263. The van der Waals surface area contributed by atoms with E-state index < -0.39 is 0 Å². The molecule has 0 atom stereocenters. The van der Waals surface area contributed by atoms with Gasteiger partial charge in [-0.25, -0.2) is 0 Å². The highest BCUT2D eigenvalue weighted by atomic mass is 35.5. The molecule has 0 aliphatic rings. The molecule has 0 saturated carbocycles. The van der Waals surface area contributed by atoms with Gasteiger partial charge in [-0.2, -0.15) is 0 Å². The van der Waals surface area contributed by atoms with Crippen molar-refractivity contribution in [3.8, 4) is 0 Å². The first kappa shape index (κ1) is 19.3. The van der Waals surface area contributed by atoms with Gasteiger partial charge in [-0.15, -0.1) is 11.8 Å². The van der Waals surface area contributed by atoms with Crippen molar-refractivity contribution in [2.75, 3.05) is 18.8 Å². The third-order valence-corrected chi connectivity index (χ3v) is 4.65. The van der Waals surface area contributed by atoms with Gasteiger partial charge in [0.25, 0.3) is 0 Å². The maximum atomic E-state index is 11.8. The standard InChI is InChI=1S/C19H21ClN2O2S/c20-17-8-6-16(7-9-17)13-25-14-19(24)22-11-10-21-18(23)12-15-4-2-1-3-5-15/h1-9H,10-14H2,(H,21,23)(H,22,24). The van der Waals surface area contributed by atoms with Crippen molar-refractivity contribution >= 4 is 35.2 Å². The molecule has 0 aliphatic carbocycles. The van der Waals surface area contributed by atoms with E-state index in [0.29, 0.717) is 30.3 Å². The van der Waals surface area contributed by atoms with E-state index in [2.05, 4.69) is 10.6 Å². The van der Waals surface area contributed by atoms with E-state index in [1.807, 2.05) is 54.6 Å². The first-order chi connectivity index (χ1) is 12.1. The van der Waals surface area contributed by atoms with Gasteiger partial charge in [-0.3, -0.25) is 9.59 Å². The molecule has 2 amide bonds. The molecule has 0 fully saturated rings. The third-order valence-electron chi connectivity index (χ3n) is 3.39. The first-order valence-electron chi connectivity index (χ1n) is 8.03. The minimum absolute atomic E-state index is 0.0312. The van der Waals surface area contributed by atoms with Gasteiger partial charge in [0.15, 0.2) is 0 Å². The molecule has 0 aliphatic heterocycles. The van der Waals surface area contributed by atoms with Crippen LogP contribution in [0, 0.1) is 0 Å². The molecule has 0 spiro atoms. The Morgan fingerprint density at radius 1 is 0.840 bits per heavy atom. The Labute approximate surface area is 157 Å². The van der Waals surface area contributed by atoms with E-state index in [1.54, 1.807) is 11.8 Å². The number of carbonyl (C=O) groups excluding carboxylic acids is 2. The van der Waals surface area contributed by atoms with Crippen LogP contribution in [0.5, 0.6) is 0 Å². The maximum Gasteiger partial charge on any atom is 0.230 e. The SMILES string of the molecule is O=C(CSCc1ccc(Cl)cc1)NCCNC(=O)Cc1ccccc1. The molecule has 2 aromatic rings. The van der Waals surface area contributed by atoms with E-state index in [-0.39, 0.29) is 11.8 Å². The summed E-state index contributed by atoms with van der Waals surface area (Å²) in [6.07, 6.45) is 0.353. The molecule has 0 aromatic heterocycles. The predicted molar refractivity (Wildman–Crippen MR) is 104 cm³/mol. The number of carbonyl (C=O) groups is 2. The summed E-state index contributed by atoms with van der Waals surface area (Å²) in [5.41, 5.74) is 2.11. The van der Waals surface area contributed by atoms with Crippen molar-refractivity contribution in [1.82, 2.24) is 10.6 Å². The van der Waals surface area contributed by atoms with Crippen LogP contribution in [0.3, 0.4) is 0 Å². The van der Waals surface area contributed by atoms with Crippen LogP contribution >= 0.6 is 23.4 Å². The molecule has 4 nitrogen and oxygen atoms in total. The summed E-state index contributed by atoms with van der Waals surface area (Å²) in [5.74, 6) is 1.08. The Morgan fingerprint density at radius 2 is 1.48 bits per heavy atom. The van der Waals surface area contributed by atoms with Crippen molar-refractivity contribution in [1.29, 1.82) is 0 Å². The van der Waals surface area contributed by atoms with Gasteiger partial charge in [0.1, 0.15) is 0 Å². The number of hydrogen-bond donors (Lipinski definition) is 2. The van der Waals surface area contributed by atoms with Gasteiger partial charge in [-0.1, -0.05) is 54.1 Å². The predicted octanol–water partition coefficient (Wildman–Crippen LogP) is 3.05. The minimum atomic E-state index is -0.0439. The summed E-state index contributed by atoms with van der Waals surface area (Å²) in [5, 5.41) is 6.31. The van der Waals surface area contributed by atoms with Crippen molar-refractivity contribution in [2.45, 2.75) is 12.2 Å². The summed E-state index contributed by atoms with van der Waals surface area (Å²) in [7, 11) is 0. The molecule has 0 saturated heterocycles. The Morgan fingerprint density at radius 3 is 2.16 bits per heavy atom. The molecular weight excluding hydrogens is 356 g/mol. The molecule has 0 heterocycles. The Balaban J connectivity index is 1.53. The molecule has 6 heteroatoms. The quantitative estimate of drug-likeness (QED) is 0.661. The van der Waals surface area contributed by atoms with Gasteiger partial charge in [-0.05, 0) is 23.3 Å². The first-order valence-corrected chi connectivity index (χ1v) is 9.56. The minimum Gasteiger partial charge on any atom is -0.354 e. The van der Waals surface area contributed by atoms with Crippen molar-refractivity contribution in [3.05, 3.63) is 70.7 Å². The van der Waals surface area contributed by atoms with Gasteiger partial charge in [0.05, 0.1) is 12.2 Å². The monoisotopic (exact) mass is 376 g/mol. The summed E-state index contributed by atoms with van der Waals surface area (Å²) < 4.78 is 0. The lowest BCUT2D eigenvalue weighted by atomic mass is 10.1. The second-order valence-corrected chi connectivity index (χ2v) is 6.90. The number of benzene rings is 2. The summed E-state index contributed by atoms with van der Waals surface area (Å²) in [6, 6.07) is 17.2. The van der Waals surface area contributed by atoms with Crippen molar-refractivity contribution in [2.24, 2.45) is 0 Å². The number of rotatable bonds is 9. The Hall–Kier alpha value is -1.98. The topological polar surface area (TPSA) is 58.2 Å². The fourth-order valence-corrected chi connectivity index (χ4v) is 3.08. The molecule has 2 N–H and O–H groups in total. The summed E-state index contributed by atoms with van der Waals surface area (Å²) >= 11 is 7.38. The van der Waals surface area contributed by atoms with E-state index in [1.165, 1.54) is 0 Å². The van der Waals surface area contributed by atoms with E-state index in [9.17, 15) is 9.59 Å². The number of hydrogen-bond acceptors (Lipinski definition) is 3. The largest absolute Gasteiger partial charge is 0.354 e. The zero-order chi connectivity index (χ0) is 17.9. The average molecular weight is 377 g/mol. The molecule has 2 rings (SSSR count). The lowest BCUT2D eigenvalue weighted by molar-refractivity contribution is -0.121. The average Bonchev–Trinajstić information content (AvgIpc) is 2.61. The number of amides is 2. The summed E-state index contributed by atoms with van der Waals surface area (Å²) in [4.78, 5) is 23.5. The molecule has 132 valence electrons. The normalized spacial score (nSPS) is 10.3. The number of thioether (sulfide) groups is 1. The highest BCUT2D eigenvalue weighted by Gasteiger charge is 2.04. The van der Waals surface area contributed by atoms with Crippen LogP contribution in [-0.4, -0.2) is 30.7 Å². The van der Waals surface area contributed by atoms with Gasteiger partial charge in [0.2, 0.25) is 11.8 Å². The lowest BCUT2D eigenvalue weighted by Crippen LogP contribution is -2.36. The molecule has 2 aromatic carbocycles. The second-order valence-electron chi connectivity index (χ2n) is 5.48.